The molecule has 1 aliphatic heterocycles. The molecule has 2 saturated carbocycles. The number of hydrogen-bond donors (Lipinski definition) is 0. The van der Waals surface area contributed by atoms with Gasteiger partial charge in [0.05, 0.1) is 17.6 Å². The van der Waals surface area contributed by atoms with Crippen molar-refractivity contribution in [2.24, 2.45) is 16.7 Å². The normalized spacial score (nSPS) is 24.3. The number of halogens is 3. The van der Waals surface area contributed by atoms with E-state index in [9.17, 15) is 22.8 Å². The van der Waals surface area contributed by atoms with E-state index in [2.05, 4.69) is 0 Å². The van der Waals surface area contributed by atoms with Crippen LogP contribution in [0.1, 0.15) is 56.6 Å². The highest BCUT2D eigenvalue weighted by Gasteiger charge is 2.62. The molecule has 30 heavy (non-hydrogen) atoms. The van der Waals surface area contributed by atoms with E-state index in [1.54, 1.807) is 13.0 Å². The quantitative estimate of drug-likeness (QED) is 0.650. The molecule has 4 rings (SSSR count). The highest BCUT2D eigenvalue weighted by molar-refractivity contribution is 5.84. The van der Waals surface area contributed by atoms with Gasteiger partial charge in [0.2, 0.25) is 5.91 Å². The predicted octanol–water partition coefficient (Wildman–Crippen LogP) is 4.61. The molecule has 3 aliphatic rings. The predicted molar refractivity (Wildman–Crippen MR) is 104 cm³/mol. The van der Waals surface area contributed by atoms with Crippen molar-refractivity contribution < 1.29 is 27.5 Å². The third-order valence-corrected chi connectivity index (χ3v) is 7.43. The highest BCUT2D eigenvalue weighted by Crippen LogP contribution is 2.66. The van der Waals surface area contributed by atoms with E-state index in [0.29, 0.717) is 25.9 Å². The Labute approximate surface area is 174 Å². The van der Waals surface area contributed by atoms with Gasteiger partial charge in [-0.3, -0.25) is 9.59 Å². The lowest BCUT2D eigenvalue weighted by atomic mass is 9.72. The number of alkyl halides is 3. The lowest BCUT2D eigenvalue weighted by Gasteiger charge is -2.41. The molecule has 4 nitrogen and oxygen atoms in total. The summed E-state index contributed by atoms with van der Waals surface area (Å²) in [6.45, 7) is 2.64. The van der Waals surface area contributed by atoms with Gasteiger partial charge in [0.25, 0.3) is 0 Å². The van der Waals surface area contributed by atoms with Crippen molar-refractivity contribution in [3.63, 3.8) is 0 Å². The van der Waals surface area contributed by atoms with Gasteiger partial charge in [-0.05, 0) is 62.5 Å². The number of carbonyl (C=O) groups excluding carboxylic acids is 2. The van der Waals surface area contributed by atoms with E-state index in [-0.39, 0.29) is 35.8 Å². The second-order valence-electron chi connectivity index (χ2n) is 9.13. The van der Waals surface area contributed by atoms with Gasteiger partial charge >= 0.3 is 12.1 Å². The first-order valence-electron chi connectivity index (χ1n) is 10.8. The van der Waals surface area contributed by atoms with Crippen LogP contribution in [0.2, 0.25) is 0 Å². The minimum absolute atomic E-state index is 0.0308. The number of piperidine rings is 1. The third kappa shape index (κ3) is 3.71. The number of rotatable bonds is 5. The van der Waals surface area contributed by atoms with Gasteiger partial charge in [-0.15, -0.1) is 0 Å². The number of amides is 1. The molecule has 164 valence electrons. The number of benzene rings is 1. The molecule has 1 spiro atoms. The van der Waals surface area contributed by atoms with Crippen molar-refractivity contribution in [3.05, 3.63) is 35.4 Å². The van der Waals surface area contributed by atoms with Crippen LogP contribution in [0.25, 0.3) is 0 Å². The number of esters is 1. The molecular formula is C23H28F3NO3. The molecule has 1 saturated heterocycles. The largest absolute Gasteiger partial charge is 0.466 e. The number of carbonyl (C=O) groups is 2. The van der Waals surface area contributed by atoms with Crippen LogP contribution in [0, 0.1) is 16.7 Å². The first kappa shape index (κ1) is 21.2. The second-order valence-corrected chi connectivity index (χ2v) is 9.13. The van der Waals surface area contributed by atoms with E-state index in [1.807, 2.05) is 4.90 Å². The Balaban J connectivity index is 1.51. The summed E-state index contributed by atoms with van der Waals surface area (Å²) in [5.74, 6) is -0.203. The summed E-state index contributed by atoms with van der Waals surface area (Å²) in [6.07, 6.45) is 0.533. The smallest absolute Gasteiger partial charge is 0.416 e. The fraction of sp³-hybridized carbons (Fsp3) is 0.652. The summed E-state index contributed by atoms with van der Waals surface area (Å²) in [5.41, 5.74) is -1.41. The Kier molecular flexibility index (Phi) is 5.35. The van der Waals surface area contributed by atoms with Crippen LogP contribution in [0.5, 0.6) is 0 Å². The van der Waals surface area contributed by atoms with Gasteiger partial charge in [-0.2, -0.15) is 13.2 Å². The Morgan fingerprint density at radius 1 is 1.13 bits per heavy atom. The van der Waals surface area contributed by atoms with E-state index in [4.69, 9.17) is 4.74 Å². The average molecular weight is 423 g/mol. The fourth-order valence-corrected chi connectivity index (χ4v) is 5.31. The SMILES string of the molecule is CCOC(=O)C1(Cc2ccccc2C(F)(F)F)CCN(C(=O)[C@@H]2CC23CCC3)CC1. The standard InChI is InChI=1S/C23H28F3NO3/c1-2-30-20(29)22(14-16-6-3-4-7-17(16)23(24,25)26)10-12-27(13-11-22)19(28)18-15-21(18)8-5-9-21/h3-4,6-7,18H,2,5,8-15H2,1H3/t18-/m0/s1. The maximum atomic E-state index is 13.5. The van der Waals surface area contributed by atoms with Crippen molar-refractivity contribution in [1.82, 2.24) is 4.90 Å². The Morgan fingerprint density at radius 2 is 1.80 bits per heavy atom. The number of likely N-dealkylation sites (tertiary alicyclic amines) is 1. The van der Waals surface area contributed by atoms with Gasteiger partial charge in [0.15, 0.2) is 0 Å². The highest BCUT2D eigenvalue weighted by atomic mass is 19.4. The van der Waals surface area contributed by atoms with Gasteiger partial charge in [0.1, 0.15) is 0 Å². The van der Waals surface area contributed by atoms with Crippen LogP contribution in [-0.2, 0) is 26.9 Å². The second kappa shape index (κ2) is 7.57. The maximum absolute atomic E-state index is 13.5. The molecule has 1 aromatic rings. The number of ether oxygens (including phenoxy) is 1. The molecule has 0 N–H and O–H groups in total. The van der Waals surface area contributed by atoms with E-state index < -0.39 is 23.1 Å². The lowest BCUT2D eigenvalue weighted by Crippen LogP contribution is -2.49. The van der Waals surface area contributed by atoms with Crippen LogP contribution in [-0.4, -0.2) is 36.5 Å². The molecular weight excluding hydrogens is 395 g/mol. The number of nitrogens with zero attached hydrogens (tertiary/aromatic N) is 1. The van der Waals surface area contributed by atoms with E-state index >= 15 is 0 Å². The Morgan fingerprint density at radius 3 is 2.33 bits per heavy atom. The van der Waals surface area contributed by atoms with E-state index in [1.165, 1.54) is 18.6 Å². The molecule has 0 unspecified atom stereocenters. The molecule has 1 amide bonds. The molecule has 2 aliphatic carbocycles. The van der Waals surface area contributed by atoms with Crippen molar-refractivity contribution in [3.8, 4) is 0 Å². The van der Waals surface area contributed by atoms with Gasteiger partial charge in [-0.25, -0.2) is 0 Å². The zero-order valence-electron chi connectivity index (χ0n) is 17.3. The first-order valence-corrected chi connectivity index (χ1v) is 10.8. The molecule has 1 atom stereocenters. The van der Waals surface area contributed by atoms with Gasteiger partial charge in [0, 0.05) is 19.0 Å². The van der Waals surface area contributed by atoms with Crippen molar-refractivity contribution >= 4 is 11.9 Å². The summed E-state index contributed by atoms with van der Waals surface area (Å²) >= 11 is 0. The summed E-state index contributed by atoms with van der Waals surface area (Å²) in [7, 11) is 0. The molecule has 0 aromatic heterocycles. The summed E-state index contributed by atoms with van der Waals surface area (Å²) in [5, 5.41) is 0. The minimum atomic E-state index is -4.48. The van der Waals surface area contributed by atoms with Crippen LogP contribution >= 0.6 is 0 Å². The third-order valence-electron chi connectivity index (χ3n) is 7.43. The molecule has 0 radical (unpaired) electrons. The maximum Gasteiger partial charge on any atom is 0.416 e. The summed E-state index contributed by atoms with van der Waals surface area (Å²) in [4.78, 5) is 27.6. The van der Waals surface area contributed by atoms with Crippen molar-refractivity contribution in [1.29, 1.82) is 0 Å². The van der Waals surface area contributed by atoms with Crippen molar-refractivity contribution in [2.75, 3.05) is 19.7 Å². The lowest BCUT2D eigenvalue weighted by molar-refractivity contribution is -0.161. The fourth-order valence-electron chi connectivity index (χ4n) is 5.31. The topological polar surface area (TPSA) is 46.6 Å². The van der Waals surface area contributed by atoms with Gasteiger partial charge in [-0.1, -0.05) is 24.6 Å². The zero-order chi connectivity index (χ0) is 21.6. The van der Waals surface area contributed by atoms with Gasteiger partial charge < -0.3 is 9.64 Å². The summed E-state index contributed by atoms with van der Waals surface area (Å²) < 4.78 is 45.7. The average Bonchev–Trinajstić information content (AvgIpc) is 3.44. The van der Waals surface area contributed by atoms with Crippen molar-refractivity contribution in [2.45, 2.75) is 58.0 Å². The molecule has 1 heterocycles. The molecule has 3 fully saturated rings. The van der Waals surface area contributed by atoms with E-state index in [0.717, 1.165) is 25.3 Å². The zero-order valence-corrected chi connectivity index (χ0v) is 17.3. The molecule has 1 aromatic carbocycles. The first-order chi connectivity index (χ1) is 14.2. The number of hydrogen-bond acceptors (Lipinski definition) is 3. The van der Waals surface area contributed by atoms with Crippen LogP contribution < -0.4 is 0 Å². The minimum Gasteiger partial charge on any atom is -0.466 e. The van der Waals surface area contributed by atoms with Crippen LogP contribution in [0.3, 0.4) is 0 Å². The Bertz CT molecular complexity index is 823. The Hall–Kier alpha value is -2.05. The molecule has 7 heteroatoms. The summed E-state index contributed by atoms with van der Waals surface area (Å²) in [6, 6.07) is 5.41. The van der Waals surface area contributed by atoms with Crippen LogP contribution in [0.15, 0.2) is 24.3 Å². The monoisotopic (exact) mass is 423 g/mol. The van der Waals surface area contributed by atoms with Crippen LogP contribution in [0.4, 0.5) is 13.2 Å². The molecule has 0 bridgehead atoms.